The summed E-state index contributed by atoms with van der Waals surface area (Å²) in [5.41, 5.74) is 2.55. The third kappa shape index (κ3) is 5.79. The quantitative estimate of drug-likeness (QED) is 0.562. The lowest BCUT2D eigenvalue weighted by atomic mass is 10.0. The van der Waals surface area contributed by atoms with Gasteiger partial charge in [-0.25, -0.2) is 4.79 Å². The van der Waals surface area contributed by atoms with Gasteiger partial charge in [-0.1, -0.05) is 35.9 Å². The van der Waals surface area contributed by atoms with E-state index in [9.17, 15) is 14.4 Å². The van der Waals surface area contributed by atoms with Crippen molar-refractivity contribution in [3.05, 3.63) is 52.9 Å². The van der Waals surface area contributed by atoms with E-state index in [4.69, 9.17) is 4.74 Å². The number of likely N-dealkylation sites (N-methyl/N-ethyl adjacent to an activating group) is 1. The molecule has 1 heterocycles. The van der Waals surface area contributed by atoms with Crippen LogP contribution in [0.1, 0.15) is 31.1 Å². The Morgan fingerprint density at radius 3 is 2.48 bits per heavy atom. The molecule has 1 aromatic heterocycles. The van der Waals surface area contributed by atoms with Crippen molar-refractivity contribution in [1.29, 1.82) is 0 Å². The molecule has 0 saturated heterocycles. The number of esters is 1. The molecule has 0 atom stereocenters. The highest BCUT2D eigenvalue weighted by Crippen LogP contribution is 2.36. The summed E-state index contributed by atoms with van der Waals surface area (Å²) < 4.78 is 5.16. The van der Waals surface area contributed by atoms with Gasteiger partial charge in [0.05, 0.1) is 0 Å². The normalized spacial score (nSPS) is 10.0. The fourth-order valence-corrected chi connectivity index (χ4v) is 3.30. The molecule has 6 nitrogen and oxygen atoms in total. The number of amides is 2. The third-order valence-electron chi connectivity index (χ3n) is 3.44. The minimum absolute atomic E-state index is 0.242. The van der Waals surface area contributed by atoms with Crippen LogP contribution in [-0.2, 0) is 14.3 Å². The van der Waals surface area contributed by atoms with E-state index >= 15 is 0 Å². The fraction of sp³-hybridized carbons (Fsp3) is 0.250. The summed E-state index contributed by atoms with van der Waals surface area (Å²) in [4.78, 5) is 36.4. The number of thiophene rings is 1. The zero-order chi connectivity index (χ0) is 19.8. The van der Waals surface area contributed by atoms with Crippen molar-refractivity contribution in [3.8, 4) is 11.1 Å². The standard InChI is InChI=1S/C20H22N2O4S/c1-4-21-17(24)11-26-20(25)18-15(14-8-6-5-7-9-14)12-27-19(18)22-16(23)10-13(2)3/h5-10,12H,4,11H2,1-3H3,(H,21,24)(H,22,23). The largest absolute Gasteiger partial charge is 0.452 e. The third-order valence-corrected chi connectivity index (χ3v) is 4.34. The van der Waals surface area contributed by atoms with Gasteiger partial charge in [-0.3, -0.25) is 9.59 Å². The second-order valence-corrected chi connectivity index (χ2v) is 6.84. The molecule has 0 aliphatic rings. The van der Waals surface area contributed by atoms with E-state index in [1.165, 1.54) is 17.4 Å². The predicted octanol–water partition coefficient (Wildman–Crippen LogP) is 3.61. The highest BCUT2D eigenvalue weighted by molar-refractivity contribution is 7.15. The molecule has 0 bridgehead atoms. The first-order valence-corrected chi connectivity index (χ1v) is 9.37. The van der Waals surface area contributed by atoms with Crippen LogP contribution in [0, 0.1) is 0 Å². The molecular weight excluding hydrogens is 364 g/mol. The lowest BCUT2D eigenvalue weighted by molar-refractivity contribution is -0.124. The van der Waals surface area contributed by atoms with Crippen LogP contribution in [0.5, 0.6) is 0 Å². The first kappa shape index (κ1) is 20.4. The molecule has 0 fully saturated rings. The molecule has 0 aliphatic carbocycles. The number of anilines is 1. The SMILES string of the molecule is CCNC(=O)COC(=O)c1c(-c2ccccc2)csc1NC(=O)C=C(C)C. The van der Waals surface area contributed by atoms with Crippen molar-refractivity contribution in [2.75, 3.05) is 18.5 Å². The molecule has 0 unspecified atom stereocenters. The minimum atomic E-state index is -0.658. The van der Waals surface area contributed by atoms with E-state index in [1.54, 1.807) is 12.3 Å². The zero-order valence-electron chi connectivity index (χ0n) is 15.5. The molecular formula is C20H22N2O4S. The second-order valence-electron chi connectivity index (χ2n) is 5.96. The van der Waals surface area contributed by atoms with Gasteiger partial charge in [0.2, 0.25) is 5.91 Å². The van der Waals surface area contributed by atoms with Crippen molar-refractivity contribution in [2.24, 2.45) is 0 Å². The average Bonchev–Trinajstić information content (AvgIpc) is 3.03. The van der Waals surface area contributed by atoms with Crippen molar-refractivity contribution < 1.29 is 19.1 Å². The molecule has 1 aromatic carbocycles. The maximum absolute atomic E-state index is 12.7. The summed E-state index contributed by atoms with van der Waals surface area (Å²) in [6.45, 7) is 5.48. The van der Waals surface area contributed by atoms with Crippen molar-refractivity contribution in [3.63, 3.8) is 0 Å². The van der Waals surface area contributed by atoms with Crippen molar-refractivity contribution in [2.45, 2.75) is 20.8 Å². The highest BCUT2D eigenvalue weighted by atomic mass is 32.1. The van der Waals surface area contributed by atoms with Gasteiger partial charge >= 0.3 is 5.97 Å². The number of carbonyl (C=O) groups excluding carboxylic acids is 3. The van der Waals surface area contributed by atoms with Crippen LogP contribution in [0.4, 0.5) is 5.00 Å². The van der Waals surface area contributed by atoms with E-state index in [2.05, 4.69) is 10.6 Å². The molecule has 0 aliphatic heterocycles. The molecule has 7 heteroatoms. The van der Waals surface area contributed by atoms with Gasteiger partial charge in [0, 0.05) is 23.6 Å². The Hall–Kier alpha value is -2.93. The fourth-order valence-electron chi connectivity index (χ4n) is 2.34. The molecule has 27 heavy (non-hydrogen) atoms. The van der Waals surface area contributed by atoms with Crippen LogP contribution >= 0.6 is 11.3 Å². The van der Waals surface area contributed by atoms with Gasteiger partial charge in [0.1, 0.15) is 10.6 Å². The van der Waals surface area contributed by atoms with Crippen LogP contribution in [-0.4, -0.2) is 30.9 Å². The highest BCUT2D eigenvalue weighted by Gasteiger charge is 2.23. The van der Waals surface area contributed by atoms with Crippen LogP contribution in [0.15, 0.2) is 47.4 Å². The molecule has 0 spiro atoms. The van der Waals surface area contributed by atoms with Gasteiger partial charge in [-0.15, -0.1) is 11.3 Å². The number of ether oxygens (including phenoxy) is 1. The summed E-state index contributed by atoms with van der Waals surface area (Å²) in [6.07, 6.45) is 1.45. The smallest absolute Gasteiger partial charge is 0.342 e. The summed E-state index contributed by atoms with van der Waals surface area (Å²) >= 11 is 1.24. The lowest BCUT2D eigenvalue weighted by Crippen LogP contribution is -2.28. The molecule has 2 amide bonds. The Balaban J connectivity index is 2.33. The lowest BCUT2D eigenvalue weighted by Gasteiger charge is -2.09. The Morgan fingerprint density at radius 2 is 1.85 bits per heavy atom. The average molecular weight is 386 g/mol. The maximum atomic E-state index is 12.7. The number of allylic oxidation sites excluding steroid dienone is 1. The predicted molar refractivity (Wildman–Crippen MR) is 107 cm³/mol. The monoisotopic (exact) mass is 386 g/mol. The van der Waals surface area contributed by atoms with Crippen molar-refractivity contribution in [1.82, 2.24) is 5.32 Å². The van der Waals surface area contributed by atoms with E-state index in [1.807, 2.05) is 44.2 Å². The summed E-state index contributed by atoms with van der Waals surface area (Å²) in [5, 5.41) is 7.47. The van der Waals surface area contributed by atoms with Crippen LogP contribution in [0.2, 0.25) is 0 Å². The number of nitrogens with one attached hydrogen (secondary N) is 2. The Morgan fingerprint density at radius 1 is 1.15 bits per heavy atom. The van der Waals surface area contributed by atoms with Crippen LogP contribution in [0.3, 0.4) is 0 Å². The number of carbonyl (C=O) groups is 3. The van der Waals surface area contributed by atoms with Gasteiger partial charge < -0.3 is 15.4 Å². The Kier molecular flexibility index (Phi) is 7.31. The molecule has 2 aromatic rings. The second kappa shape index (κ2) is 9.68. The van der Waals surface area contributed by atoms with Gasteiger partial charge in [-0.2, -0.15) is 0 Å². The first-order valence-electron chi connectivity index (χ1n) is 8.49. The molecule has 0 radical (unpaired) electrons. The van der Waals surface area contributed by atoms with E-state index in [-0.39, 0.29) is 24.0 Å². The number of benzene rings is 1. The topological polar surface area (TPSA) is 84.5 Å². The maximum Gasteiger partial charge on any atom is 0.342 e. The molecule has 2 N–H and O–H groups in total. The molecule has 142 valence electrons. The van der Waals surface area contributed by atoms with Crippen LogP contribution in [0.25, 0.3) is 11.1 Å². The summed E-state index contributed by atoms with van der Waals surface area (Å²) in [5.74, 6) is -1.36. The van der Waals surface area contributed by atoms with Gasteiger partial charge in [0.25, 0.3) is 5.91 Å². The minimum Gasteiger partial charge on any atom is -0.452 e. The molecule has 2 rings (SSSR count). The molecule has 0 saturated carbocycles. The summed E-state index contributed by atoms with van der Waals surface area (Å²) in [7, 11) is 0. The number of hydrogen-bond acceptors (Lipinski definition) is 5. The van der Waals surface area contributed by atoms with E-state index in [0.29, 0.717) is 17.1 Å². The van der Waals surface area contributed by atoms with Crippen LogP contribution < -0.4 is 10.6 Å². The Labute approximate surface area is 162 Å². The van der Waals surface area contributed by atoms with Gasteiger partial charge in [-0.05, 0) is 26.3 Å². The zero-order valence-corrected chi connectivity index (χ0v) is 16.3. The first-order chi connectivity index (χ1) is 12.9. The van der Waals surface area contributed by atoms with Gasteiger partial charge in [0.15, 0.2) is 6.61 Å². The Bertz CT molecular complexity index is 852. The van der Waals surface area contributed by atoms with Crippen molar-refractivity contribution >= 4 is 34.1 Å². The number of rotatable bonds is 7. The van der Waals surface area contributed by atoms with E-state index < -0.39 is 5.97 Å². The summed E-state index contributed by atoms with van der Waals surface area (Å²) in [6, 6.07) is 9.32. The van der Waals surface area contributed by atoms with E-state index in [0.717, 1.165) is 11.1 Å². The number of hydrogen-bond donors (Lipinski definition) is 2.